The molecule has 3 aromatic rings. The van der Waals surface area contributed by atoms with E-state index in [2.05, 4.69) is 46.0 Å². The zero-order valence-corrected chi connectivity index (χ0v) is 11.0. The summed E-state index contributed by atoms with van der Waals surface area (Å²) >= 11 is 1.79. The van der Waals surface area contributed by atoms with E-state index in [-0.39, 0.29) is 0 Å². The monoisotopic (exact) mass is 254 g/mol. The molecule has 2 nitrogen and oxygen atoms in total. The summed E-state index contributed by atoms with van der Waals surface area (Å²) in [7, 11) is 1.97. The number of benzene rings is 1. The Balaban J connectivity index is 2.02. The highest BCUT2D eigenvalue weighted by Crippen LogP contribution is 2.29. The Morgan fingerprint density at radius 2 is 2.17 bits per heavy atom. The van der Waals surface area contributed by atoms with Crippen LogP contribution in [0.15, 0.2) is 48.0 Å². The molecule has 1 aromatic carbocycles. The smallest absolute Gasteiger partial charge is 0.0702 e. The average molecular weight is 254 g/mol. The van der Waals surface area contributed by atoms with Gasteiger partial charge in [0.05, 0.1) is 5.52 Å². The van der Waals surface area contributed by atoms with Gasteiger partial charge in [0.1, 0.15) is 0 Å². The normalized spacial score (nSPS) is 10.9. The van der Waals surface area contributed by atoms with Crippen LogP contribution in [0, 0.1) is 0 Å². The number of rotatable bonds is 3. The van der Waals surface area contributed by atoms with Crippen LogP contribution in [0.3, 0.4) is 0 Å². The zero-order chi connectivity index (χ0) is 12.4. The summed E-state index contributed by atoms with van der Waals surface area (Å²) in [5.41, 5.74) is 3.65. The summed E-state index contributed by atoms with van der Waals surface area (Å²) < 4.78 is 0. The van der Waals surface area contributed by atoms with E-state index in [9.17, 15) is 0 Å². The highest BCUT2D eigenvalue weighted by Gasteiger charge is 2.03. The fourth-order valence-corrected chi connectivity index (χ4v) is 2.96. The Kier molecular flexibility index (Phi) is 3.09. The van der Waals surface area contributed by atoms with Gasteiger partial charge in [-0.15, -0.1) is 11.3 Å². The summed E-state index contributed by atoms with van der Waals surface area (Å²) in [6.07, 6.45) is 1.83. The molecule has 0 fully saturated rings. The van der Waals surface area contributed by atoms with Crippen LogP contribution in [0.2, 0.25) is 0 Å². The van der Waals surface area contributed by atoms with Crippen LogP contribution < -0.4 is 5.32 Å². The minimum absolute atomic E-state index is 0.922. The van der Waals surface area contributed by atoms with Crippen molar-refractivity contribution in [3.05, 3.63) is 53.5 Å². The predicted octanol–water partition coefficient (Wildman–Crippen LogP) is 3.68. The molecule has 0 atom stereocenters. The van der Waals surface area contributed by atoms with Crippen molar-refractivity contribution in [2.24, 2.45) is 0 Å². The van der Waals surface area contributed by atoms with Gasteiger partial charge in [-0.25, -0.2) is 0 Å². The van der Waals surface area contributed by atoms with Gasteiger partial charge in [-0.2, -0.15) is 0 Å². The number of thiophene rings is 1. The fourth-order valence-electron chi connectivity index (χ4n) is 2.05. The molecule has 0 amide bonds. The van der Waals surface area contributed by atoms with E-state index >= 15 is 0 Å². The topological polar surface area (TPSA) is 24.9 Å². The lowest BCUT2D eigenvalue weighted by molar-refractivity contribution is 0.821. The van der Waals surface area contributed by atoms with Gasteiger partial charge in [-0.1, -0.05) is 12.1 Å². The highest BCUT2D eigenvalue weighted by atomic mass is 32.1. The van der Waals surface area contributed by atoms with Crippen molar-refractivity contribution < 1.29 is 0 Å². The average Bonchev–Trinajstić information content (AvgIpc) is 2.87. The molecule has 3 heteroatoms. The quantitative estimate of drug-likeness (QED) is 0.771. The molecule has 0 unspecified atom stereocenters. The van der Waals surface area contributed by atoms with Crippen LogP contribution in [0.5, 0.6) is 0 Å². The van der Waals surface area contributed by atoms with Gasteiger partial charge in [-0.3, -0.25) is 4.98 Å². The van der Waals surface area contributed by atoms with E-state index < -0.39 is 0 Å². The second kappa shape index (κ2) is 4.88. The van der Waals surface area contributed by atoms with Crippen molar-refractivity contribution in [1.29, 1.82) is 0 Å². The van der Waals surface area contributed by atoms with E-state index in [1.165, 1.54) is 21.4 Å². The largest absolute Gasteiger partial charge is 0.316 e. The second-order valence-corrected chi connectivity index (χ2v) is 5.17. The lowest BCUT2D eigenvalue weighted by Gasteiger charge is -2.00. The van der Waals surface area contributed by atoms with Crippen LogP contribution in [0.4, 0.5) is 0 Å². The molecule has 0 saturated heterocycles. The van der Waals surface area contributed by atoms with E-state index in [1.54, 1.807) is 11.3 Å². The van der Waals surface area contributed by atoms with E-state index in [0.29, 0.717) is 0 Å². The van der Waals surface area contributed by atoms with Crippen LogP contribution in [0.25, 0.3) is 21.3 Å². The van der Waals surface area contributed by atoms with Gasteiger partial charge in [-0.05, 0) is 47.8 Å². The van der Waals surface area contributed by atoms with E-state index in [0.717, 1.165) is 12.1 Å². The molecule has 0 aliphatic carbocycles. The fraction of sp³-hybridized carbons (Fsp3) is 0.133. The maximum atomic E-state index is 4.34. The van der Waals surface area contributed by atoms with Crippen molar-refractivity contribution >= 4 is 22.2 Å². The third kappa shape index (κ3) is 2.15. The summed E-state index contributed by atoms with van der Waals surface area (Å²) in [4.78, 5) is 5.66. The first kappa shape index (κ1) is 11.4. The number of aromatic nitrogens is 1. The van der Waals surface area contributed by atoms with Crippen molar-refractivity contribution in [1.82, 2.24) is 10.3 Å². The summed E-state index contributed by atoms with van der Waals surface area (Å²) in [5, 5.41) is 6.58. The lowest BCUT2D eigenvalue weighted by Crippen LogP contribution is -2.03. The number of fused-ring (bicyclic) bond motifs is 1. The third-order valence-electron chi connectivity index (χ3n) is 2.92. The first-order valence-corrected chi connectivity index (χ1v) is 6.82. The predicted molar refractivity (Wildman–Crippen MR) is 77.8 cm³/mol. The standard InChI is InChI=1S/C15H14N2S/c1-16-9-11-7-15(18-10-11)13-4-5-14-12(8-13)3-2-6-17-14/h2-8,10,16H,9H2,1H3. The molecule has 3 rings (SSSR count). The molecule has 0 bridgehead atoms. The summed E-state index contributed by atoms with van der Waals surface area (Å²) in [6, 6.07) is 12.8. The SMILES string of the molecule is CNCc1csc(-c2ccc3ncccc3c2)c1. The van der Waals surface area contributed by atoms with Crippen LogP contribution in [-0.4, -0.2) is 12.0 Å². The second-order valence-electron chi connectivity index (χ2n) is 4.26. The molecule has 0 saturated carbocycles. The first-order chi connectivity index (χ1) is 8.86. The number of nitrogens with one attached hydrogen (secondary N) is 1. The molecule has 2 aromatic heterocycles. The van der Waals surface area contributed by atoms with Gasteiger partial charge in [0.25, 0.3) is 0 Å². The van der Waals surface area contributed by atoms with Gasteiger partial charge < -0.3 is 5.32 Å². The van der Waals surface area contributed by atoms with Crippen molar-refractivity contribution in [2.75, 3.05) is 7.05 Å². The van der Waals surface area contributed by atoms with Gasteiger partial charge >= 0.3 is 0 Å². The number of hydrogen-bond donors (Lipinski definition) is 1. The zero-order valence-electron chi connectivity index (χ0n) is 10.2. The molecule has 1 N–H and O–H groups in total. The van der Waals surface area contributed by atoms with E-state index in [1.807, 2.05) is 19.3 Å². The lowest BCUT2D eigenvalue weighted by atomic mass is 10.1. The summed E-state index contributed by atoms with van der Waals surface area (Å²) in [5.74, 6) is 0. The van der Waals surface area contributed by atoms with Crippen LogP contribution >= 0.6 is 11.3 Å². The first-order valence-electron chi connectivity index (χ1n) is 5.94. The number of nitrogens with zero attached hydrogens (tertiary/aromatic N) is 1. The van der Waals surface area contributed by atoms with E-state index in [4.69, 9.17) is 0 Å². The molecular weight excluding hydrogens is 240 g/mol. The van der Waals surface area contributed by atoms with Crippen molar-refractivity contribution in [3.63, 3.8) is 0 Å². The highest BCUT2D eigenvalue weighted by molar-refractivity contribution is 7.13. The minimum Gasteiger partial charge on any atom is -0.316 e. The van der Waals surface area contributed by atoms with Gasteiger partial charge in [0, 0.05) is 23.0 Å². The number of pyridine rings is 1. The summed E-state index contributed by atoms with van der Waals surface area (Å²) in [6.45, 7) is 0.922. The Hall–Kier alpha value is -1.71. The molecule has 0 aliphatic heterocycles. The Bertz CT molecular complexity index is 673. The minimum atomic E-state index is 0.922. The molecule has 90 valence electrons. The van der Waals surface area contributed by atoms with Crippen LogP contribution in [0.1, 0.15) is 5.56 Å². The Morgan fingerprint density at radius 3 is 3.06 bits per heavy atom. The molecule has 2 heterocycles. The third-order valence-corrected chi connectivity index (χ3v) is 3.95. The van der Waals surface area contributed by atoms with Gasteiger partial charge in [0.15, 0.2) is 0 Å². The molecule has 0 radical (unpaired) electrons. The maximum Gasteiger partial charge on any atom is 0.0702 e. The molecule has 0 aliphatic rings. The van der Waals surface area contributed by atoms with Crippen LogP contribution in [-0.2, 0) is 6.54 Å². The Morgan fingerprint density at radius 1 is 1.22 bits per heavy atom. The Labute approximate surface area is 110 Å². The number of hydrogen-bond acceptors (Lipinski definition) is 3. The molecule has 0 spiro atoms. The van der Waals surface area contributed by atoms with Crippen molar-refractivity contribution in [2.45, 2.75) is 6.54 Å². The van der Waals surface area contributed by atoms with Crippen molar-refractivity contribution in [3.8, 4) is 10.4 Å². The van der Waals surface area contributed by atoms with Gasteiger partial charge in [0.2, 0.25) is 0 Å². The molecule has 18 heavy (non-hydrogen) atoms. The molecular formula is C15H14N2S. The maximum absolute atomic E-state index is 4.34.